The summed E-state index contributed by atoms with van der Waals surface area (Å²) in [6.07, 6.45) is 5.91. The molecule has 1 aromatic heterocycles. The van der Waals surface area contributed by atoms with Crippen LogP contribution in [-0.2, 0) is 20.0 Å². The third kappa shape index (κ3) is 4.32. The Morgan fingerprint density at radius 3 is 2.95 bits per heavy atom. The second kappa shape index (κ2) is 7.23. The van der Waals surface area contributed by atoms with Crippen molar-refractivity contribution >= 4 is 0 Å². The maximum atomic E-state index is 4.55. The lowest BCUT2D eigenvalue weighted by Gasteiger charge is -2.33. The van der Waals surface area contributed by atoms with E-state index in [-0.39, 0.29) is 0 Å². The van der Waals surface area contributed by atoms with Gasteiger partial charge in [-0.15, -0.1) is 0 Å². The lowest BCUT2D eigenvalue weighted by molar-refractivity contribution is 0.163. The summed E-state index contributed by atoms with van der Waals surface area (Å²) in [5, 5.41) is 8.13. The summed E-state index contributed by atoms with van der Waals surface area (Å²) in [5.41, 5.74) is 2.67. The number of piperidine rings is 1. The highest BCUT2D eigenvalue weighted by Crippen LogP contribution is 2.19. The summed E-state index contributed by atoms with van der Waals surface area (Å²) in [6.45, 7) is 11.3. The van der Waals surface area contributed by atoms with E-state index in [4.69, 9.17) is 0 Å². The monoisotopic (exact) mass is 278 g/mol. The molecule has 2 rings (SSSR count). The molecular formula is C16H30N4. The van der Waals surface area contributed by atoms with Crippen molar-refractivity contribution in [3.8, 4) is 0 Å². The molecule has 4 heteroatoms. The molecular weight excluding hydrogens is 248 g/mol. The minimum absolute atomic E-state index is 0.593. The van der Waals surface area contributed by atoms with Crippen LogP contribution in [0.3, 0.4) is 0 Å². The molecule has 1 aromatic rings. The lowest BCUT2D eigenvalue weighted by atomic mass is 9.97. The van der Waals surface area contributed by atoms with Crippen molar-refractivity contribution in [2.24, 2.45) is 13.0 Å². The average molecular weight is 278 g/mol. The van der Waals surface area contributed by atoms with Crippen molar-refractivity contribution in [3.05, 3.63) is 17.5 Å². The van der Waals surface area contributed by atoms with Gasteiger partial charge in [-0.2, -0.15) is 5.10 Å². The molecule has 0 spiro atoms. The van der Waals surface area contributed by atoms with Gasteiger partial charge in [0.1, 0.15) is 0 Å². The van der Waals surface area contributed by atoms with Gasteiger partial charge in [0, 0.05) is 37.9 Å². The third-order valence-corrected chi connectivity index (χ3v) is 4.14. The second-order valence-electron chi connectivity index (χ2n) is 6.43. The zero-order chi connectivity index (χ0) is 14.5. The van der Waals surface area contributed by atoms with E-state index in [1.165, 1.54) is 37.2 Å². The fourth-order valence-electron chi connectivity index (χ4n) is 3.12. The van der Waals surface area contributed by atoms with E-state index in [1.54, 1.807) is 0 Å². The van der Waals surface area contributed by atoms with Gasteiger partial charge in [0.05, 0.1) is 5.69 Å². The Morgan fingerprint density at radius 2 is 2.25 bits per heavy atom. The number of rotatable bonds is 6. The maximum absolute atomic E-state index is 4.55. The van der Waals surface area contributed by atoms with Crippen LogP contribution in [0.5, 0.6) is 0 Å². The van der Waals surface area contributed by atoms with E-state index in [9.17, 15) is 0 Å². The van der Waals surface area contributed by atoms with Gasteiger partial charge in [-0.05, 0) is 38.3 Å². The number of aryl methyl sites for hydroxylation is 2. The molecule has 0 radical (unpaired) electrons. The normalized spacial score (nSPS) is 20.8. The van der Waals surface area contributed by atoms with Gasteiger partial charge in [-0.3, -0.25) is 9.58 Å². The highest BCUT2D eigenvalue weighted by atomic mass is 15.3. The molecule has 1 fully saturated rings. The highest BCUT2D eigenvalue weighted by Gasteiger charge is 2.21. The van der Waals surface area contributed by atoms with Crippen LogP contribution < -0.4 is 5.32 Å². The minimum atomic E-state index is 0.593. The van der Waals surface area contributed by atoms with Crippen LogP contribution in [0.25, 0.3) is 0 Å². The summed E-state index contributed by atoms with van der Waals surface area (Å²) in [5.74, 6) is 0.799. The Balaban J connectivity index is 1.88. The molecule has 0 amide bonds. The van der Waals surface area contributed by atoms with Crippen LogP contribution in [0, 0.1) is 5.92 Å². The summed E-state index contributed by atoms with van der Waals surface area (Å²) >= 11 is 0. The molecule has 2 heterocycles. The number of hydrogen-bond donors (Lipinski definition) is 1. The van der Waals surface area contributed by atoms with E-state index in [0.717, 1.165) is 25.4 Å². The number of likely N-dealkylation sites (tertiary alicyclic amines) is 1. The summed E-state index contributed by atoms with van der Waals surface area (Å²) in [7, 11) is 2.02. The van der Waals surface area contributed by atoms with Crippen molar-refractivity contribution < 1.29 is 0 Å². The van der Waals surface area contributed by atoms with Gasteiger partial charge >= 0.3 is 0 Å². The van der Waals surface area contributed by atoms with Crippen LogP contribution in [0.2, 0.25) is 0 Å². The number of aromatic nitrogens is 2. The lowest BCUT2D eigenvalue weighted by Crippen LogP contribution is -2.40. The Morgan fingerprint density at radius 1 is 1.45 bits per heavy atom. The van der Waals surface area contributed by atoms with Gasteiger partial charge in [0.25, 0.3) is 0 Å². The van der Waals surface area contributed by atoms with E-state index in [2.05, 4.69) is 42.3 Å². The molecule has 114 valence electrons. The Bertz CT molecular complexity index is 411. The first-order chi connectivity index (χ1) is 9.58. The van der Waals surface area contributed by atoms with Gasteiger partial charge in [0.15, 0.2) is 0 Å². The zero-order valence-electron chi connectivity index (χ0n) is 13.5. The molecule has 0 bridgehead atoms. The van der Waals surface area contributed by atoms with E-state index in [0.29, 0.717) is 6.04 Å². The molecule has 1 N–H and O–H groups in total. The molecule has 0 saturated carbocycles. The molecule has 0 aromatic carbocycles. The van der Waals surface area contributed by atoms with Gasteiger partial charge < -0.3 is 5.32 Å². The van der Waals surface area contributed by atoms with Gasteiger partial charge in [-0.1, -0.05) is 20.8 Å². The first-order valence-electron chi connectivity index (χ1n) is 8.05. The molecule has 1 aliphatic rings. The van der Waals surface area contributed by atoms with Crippen LogP contribution in [-0.4, -0.2) is 40.4 Å². The summed E-state index contributed by atoms with van der Waals surface area (Å²) in [6, 6.07) is 0.593. The summed E-state index contributed by atoms with van der Waals surface area (Å²) in [4.78, 5) is 2.60. The Kier molecular flexibility index (Phi) is 5.61. The SMILES string of the molecule is CCc1nn(C)cc1CN1CCCC(CNC(C)C)C1. The molecule has 1 aliphatic heterocycles. The van der Waals surface area contributed by atoms with Gasteiger partial charge in [0.2, 0.25) is 0 Å². The van der Waals surface area contributed by atoms with E-state index >= 15 is 0 Å². The maximum Gasteiger partial charge on any atom is 0.0666 e. The Hall–Kier alpha value is -0.870. The number of nitrogens with zero attached hydrogens (tertiary/aromatic N) is 3. The Labute approximate surface area is 123 Å². The van der Waals surface area contributed by atoms with Crippen LogP contribution in [0.4, 0.5) is 0 Å². The highest BCUT2D eigenvalue weighted by molar-refractivity contribution is 5.16. The predicted octanol–water partition coefficient (Wildman–Crippen LogP) is 2.19. The van der Waals surface area contributed by atoms with E-state index in [1.807, 2.05) is 11.7 Å². The van der Waals surface area contributed by atoms with Gasteiger partial charge in [-0.25, -0.2) is 0 Å². The largest absolute Gasteiger partial charge is 0.314 e. The smallest absolute Gasteiger partial charge is 0.0666 e. The van der Waals surface area contributed by atoms with Crippen molar-refractivity contribution in [3.63, 3.8) is 0 Å². The number of hydrogen-bond acceptors (Lipinski definition) is 3. The molecule has 20 heavy (non-hydrogen) atoms. The van der Waals surface area contributed by atoms with Crippen molar-refractivity contribution in [1.29, 1.82) is 0 Å². The number of nitrogens with one attached hydrogen (secondary N) is 1. The zero-order valence-corrected chi connectivity index (χ0v) is 13.5. The minimum Gasteiger partial charge on any atom is -0.314 e. The van der Waals surface area contributed by atoms with Crippen LogP contribution >= 0.6 is 0 Å². The van der Waals surface area contributed by atoms with Crippen LogP contribution in [0.1, 0.15) is 44.9 Å². The fraction of sp³-hybridized carbons (Fsp3) is 0.812. The first kappa shape index (κ1) is 15.5. The summed E-state index contributed by atoms with van der Waals surface area (Å²) < 4.78 is 1.95. The van der Waals surface area contributed by atoms with Crippen LogP contribution in [0.15, 0.2) is 6.20 Å². The fourth-order valence-corrected chi connectivity index (χ4v) is 3.12. The molecule has 1 saturated heterocycles. The quantitative estimate of drug-likeness (QED) is 0.866. The van der Waals surface area contributed by atoms with E-state index < -0.39 is 0 Å². The average Bonchev–Trinajstić information content (AvgIpc) is 2.77. The first-order valence-corrected chi connectivity index (χ1v) is 8.05. The second-order valence-corrected chi connectivity index (χ2v) is 6.43. The molecule has 1 atom stereocenters. The van der Waals surface area contributed by atoms with Crippen molar-refractivity contribution in [1.82, 2.24) is 20.0 Å². The molecule has 1 unspecified atom stereocenters. The van der Waals surface area contributed by atoms with Crippen molar-refractivity contribution in [2.45, 2.75) is 52.6 Å². The predicted molar refractivity (Wildman–Crippen MR) is 83.7 cm³/mol. The topological polar surface area (TPSA) is 33.1 Å². The molecule has 4 nitrogen and oxygen atoms in total. The standard InChI is InChI=1S/C16H30N4/c1-5-16-15(11-19(4)18-16)12-20-8-6-7-14(10-20)9-17-13(2)3/h11,13-14,17H,5-10,12H2,1-4H3. The van der Waals surface area contributed by atoms with Crippen molar-refractivity contribution in [2.75, 3.05) is 19.6 Å². The third-order valence-electron chi connectivity index (χ3n) is 4.14. The molecule has 0 aliphatic carbocycles.